The molecule has 0 amide bonds. The normalized spacial score (nSPS) is 18.6. The first-order chi connectivity index (χ1) is 11.8. The van der Waals surface area contributed by atoms with Crippen LogP contribution in [0.3, 0.4) is 0 Å². The lowest BCUT2D eigenvalue weighted by Crippen LogP contribution is -2.43. The van der Waals surface area contributed by atoms with Gasteiger partial charge in [-0.1, -0.05) is 19.1 Å². The summed E-state index contributed by atoms with van der Waals surface area (Å²) in [6.07, 6.45) is 6.42. The molecule has 4 nitrogen and oxygen atoms in total. The van der Waals surface area contributed by atoms with Gasteiger partial charge in [-0.2, -0.15) is 0 Å². The van der Waals surface area contributed by atoms with Crippen LogP contribution in [0.2, 0.25) is 0 Å². The van der Waals surface area contributed by atoms with Gasteiger partial charge in [0.05, 0.1) is 6.26 Å². The maximum absolute atomic E-state index is 11.6. The smallest absolute Gasteiger partial charge is 0.211 e. The predicted molar refractivity (Wildman–Crippen MR) is 108 cm³/mol. The molecule has 1 aliphatic heterocycles. The van der Waals surface area contributed by atoms with Crippen molar-refractivity contribution in [2.75, 3.05) is 38.7 Å². The van der Waals surface area contributed by atoms with Crippen molar-refractivity contribution in [1.29, 1.82) is 0 Å². The number of benzene rings is 1. The number of piperidine rings is 1. The molecule has 0 saturated carbocycles. The van der Waals surface area contributed by atoms with Gasteiger partial charge < -0.3 is 4.90 Å². The van der Waals surface area contributed by atoms with E-state index in [9.17, 15) is 8.42 Å². The van der Waals surface area contributed by atoms with Crippen molar-refractivity contribution in [2.24, 2.45) is 5.92 Å². The van der Waals surface area contributed by atoms with Crippen LogP contribution < -0.4 is 0 Å². The molecule has 0 aromatic heterocycles. The molecule has 0 spiro atoms. The monoisotopic (exact) mass is 384 g/mol. The summed E-state index contributed by atoms with van der Waals surface area (Å²) in [4.78, 5) is 3.85. The Kier molecular flexibility index (Phi) is 7.80. The van der Waals surface area contributed by atoms with Gasteiger partial charge in [-0.3, -0.25) is 0 Å². The van der Waals surface area contributed by atoms with E-state index in [1.54, 1.807) is 16.1 Å². The van der Waals surface area contributed by atoms with Gasteiger partial charge in [-0.05, 0) is 62.6 Å². The molecule has 0 N–H and O–H groups in total. The Bertz CT molecular complexity index is 623. The van der Waals surface area contributed by atoms with Crippen LogP contribution in [0.4, 0.5) is 0 Å². The molecule has 1 aromatic carbocycles. The van der Waals surface area contributed by atoms with Crippen LogP contribution in [0, 0.1) is 5.92 Å². The van der Waals surface area contributed by atoms with Crippen LogP contribution in [-0.4, -0.2) is 62.4 Å². The minimum absolute atomic E-state index is 0.498. The summed E-state index contributed by atoms with van der Waals surface area (Å²) >= 11 is 1.78. The molecular formula is C19H32N2O2S2. The van der Waals surface area contributed by atoms with Crippen molar-refractivity contribution in [1.82, 2.24) is 9.21 Å². The van der Waals surface area contributed by atoms with Gasteiger partial charge in [-0.25, -0.2) is 12.7 Å². The number of rotatable bonds is 8. The molecule has 6 heteroatoms. The van der Waals surface area contributed by atoms with Gasteiger partial charge in [0.25, 0.3) is 0 Å². The Hall–Kier alpha value is -0.560. The lowest BCUT2D eigenvalue weighted by Gasteiger charge is -2.36. The number of likely N-dealkylation sites (N-methyl/N-ethyl adjacent to an activating group) is 1. The highest BCUT2D eigenvalue weighted by molar-refractivity contribution is 7.98. The molecule has 0 radical (unpaired) electrons. The Labute approximate surface area is 158 Å². The Morgan fingerprint density at radius 1 is 1.24 bits per heavy atom. The molecule has 1 heterocycles. The number of hydrogen-bond acceptors (Lipinski definition) is 4. The van der Waals surface area contributed by atoms with Crippen molar-refractivity contribution < 1.29 is 8.42 Å². The largest absolute Gasteiger partial charge is 0.300 e. The van der Waals surface area contributed by atoms with Crippen molar-refractivity contribution >= 4 is 21.8 Å². The molecule has 1 saturated heterocycles. The Balaban J connectivity index is 1.86. The summed E-state index contributed by atoms with van der Waals surface area (Å²) in [7, 11) is -3.03. The van der Waals surface area contributed by atoms with E-state index in [2.05, 4.69) is 49.3 Å². The van der Waals surface area contributed by atoms with Crippen molar-refractivity contribution in [2.45, 2.75) is 44.0 Å². The van der Waals surface area contributed by atoms with E-state index >= 15 is 0 Å². The van der Waals surface area contributed by atoms with Crippen molar-refractivity contribution in [3.63, 3.8) is 0 Å². The second-order valence-corrected chi connectivity index (χ2v) is 9.96. The zero-order valence-corrected chi connectivity index (χ0v) is 17.6. The highest BCUT2D eigenvalue weighted by Crippen LogP contribution is 2.22. The standard InChI is InChI=1S/C19H32N2O2S2/c1-5-20(15-18-10-12-21(13-11-18)25(4,22)23)16(2)14-17-6-8-19(24-3)9-7-17/h6-9,16,18H,5,10-15H2,1-4H3. The minimum atomic E-state index is -3.03. The van der Waals surface area contributed by atoms with E-state index < -0.39 is 10.0 Å². The van der Waals surface area contributed by atoms with E-state index in [1.807, 2.05) is 0 Å². The third-order valence-electron chi connectivity index (χ3n) is 5.25. The fraction of sp³-hybridized carbons (Fsp3) is 0.684. The molecule has 142 valence electrons. The minimum Gasteiger partial charge on any atom is -0.300 e. The number of nitrogens with zero attached hydrogens (tertiary/aromatic N) is 2. The van der Waals surface area contributed by atoms with E-state index in [0.717, 1.165) is 32.4 Å². The quantitative estimate of drug-likeness (QED) is 0.645. The summed E-state index contributed by atoms with van der Waals surface area (Å²) in [5.74, 6) is 0.597. The Morgan fingerprint density at radius 2 is 1.84 bits per heavy atom. The summed E-state index contributed by atoms with van der Waals surface area (Å²) in [5.41, 5.74) is 1.38. The maximum atomic E-state index is 11.6. The summed E-state index contributed by atoms with van der Waals surface area (Å²) in [5, 5.41) is 0. The zero-order chi connectivity index (χ0) is 18.4. The topological polar surface area (TPSA) is 40.6 Å². The number of thioether (sulfide) groups is 1. The molecule has 0 aliphatic carbocycles. The fourth-order valence-electron chi connectivity index (χ4n) is 3.61. The van der Waals surface area contributed by atoms with Crippen LogP contribution in [0.25, 0.3) is 0 Å². The van der Waals surface area contributed by atoms with Gasteiger partial charge >= 0.3 is 0 Å². The first-order valence-electron chi connectivity index (χ1n) is 9.15. The molecule has 1 unspecified atom stereocenters. The van der Waals surface area contributed by atoms with Crippen molar-refractivity contribution in [3.05, 3.63) is 29.8 Å². The third-order valence-corrected chi connectivity index (χ3v) is 7.30. The van der Waals surface area contributed by atoms with Crippen LogP contribution in [0.1, 0.15) is 32.3 Å². The van der Waals surface area contributed by atoms with Gasteiger partial charge in [0.1, 0.15) is 0 Å². The van der Waals surface area contributed by atoms with Crippen molar-refractivity contribution in [3.8, 4) is 0 Å². The van der Waals surface area contributed by atoms with Crippen LogP contribution in [0.5, 0.6) is 0 Å². The lowest BCUT2D eigenvalue weighted by molar-refractivity contribution is 0.152. The summed E-state index contributed by atoms with van der Waals surface area (Å²) in [6.45, 7) is 7.97. The first-order valence-corrected chi connectivity index (χ1v) is 12.2. The molecule has 1 fully saturated rings. The van der Waals surface area contributed by atoms with Crippen LogP contribution in [-0.2, 0) is 16.4 Å². The number of sulfonamides is 1. The van der Waals surface area contributed by atoms with Gasteiger partial charge in [-0.15, -0.1) is 11.8 Å². The highest BCUT2D eigenvalue weighted by atomic mass is 32.2. The van der Waals surface area contributed by atoms with E-state index in [0.29, 0.717) is 25.0 Å². The van der Waals surface area contributed by atoms with E-state index in [4.69, 9.17) is 0 Å². The predicted octanol–water partition coefficient (Wildman–Crippen LogP) is 3.33. The molecule has 1 atom stereocenters. The third kappa shape index (κ3) is 6.27. The fourth-order valence-corrected chi connectivity index (χ4v) is 4.89. The zero-order valence-electron chi connectivity index (χ0n) is 15.9. The van der Waals surface area contributed by atoms with Gasteiger partial charge in [0, 0.05) is 30.6 Å². The highest BCUT2D eigenvalue weighted by Gasteiger charge is 2.26. The molecular weight excluding hydrogens is 352 g/mol. The average Bonchev–Trinajstić information content (AvgIpc) is 2.60. The van der Waals surface area contributed by atoms with Gasteiger partial charge in [0.15, 0.2) is 0 Å². The first kappa shape index (κ1) is 20.7. The summed E-state index contributed by atoms with van der Waals surface area (Å²) in [6, 6.07) is 9.37. The Morgan fingerprint density at radius 3 is 2.32 bits per heavy atom. The van der Waals surface area contributed by atoms with Gasteiger partial charge in [0.2, 0.25) is 10.0 Å². The molecule has 1 aromatic rings. The lowest BCUT2D eigenvalue weighted by atomic mass is 9.96. The molecule has 0 bridgehead atoms. The second-order valence-electron chi connectivity index (χ2n) is 7.09. The SMILES string of the molecule is CCN(CC1CCN(S(C)(=O)=O)CC1)C(C)Cc1ccc(SC)cc1. The maximum Gasteiger partial charge on any atom is 0.211 e. The van der Waals surface area contributed by atoms with Crippen LogP contribution in [0.15, 0.2) is 29.2 Å². The molecule has 25 heavy (non-hydrogen) atoms. The van der Waals surface area contributed by atoms with Crippen LogP contribution >= 0.6 is 11.8 Å². The van der Waals surface area contributed by atoms with E-state index in [-0.39, 0.29) is 0 Å². The molecule has 2 rings (SSSR count). The van der Waals surface area contributed by atoms with E-state index in [1.165, 1.54) is 16.7 Å². The molecule has 1 aliphatic rings. The average molecular weight is 385 g/mol. The second kappa shape index (κ2) is 9.40. The summed E-state index contributed by atoms with van der Waals surface area (Å²) < 4.78 is 24.9. The number of hydrogen-bond donors (Lipinski definition) is 0.